The number of anilines is 1. The molecule has 1 amide bonds. The summed E-state index contributed by atoms with van der Waals surface area (Å²) in [6.45, 7) is 2.67. The highest BCUT2D eigenvalue weighted by atomic mass is 79.9. The van der Waals surface area contributed by atoms with Gasteiger partial charge in [-0.05, 0) is 75.7 Å². The molecule has 0 aliphatic carbocycles. The third kappa shape index (κ3) is 5.75. The van der Waals surface area contributed by atoms with Crippen LogP contribution in [0, 0.1) is 0 Å². The van der Waals surface area contributed by atoms with Crippen molar-refractivity contribution in [1.29, 1.82) is 0 Å². The molecule has 0 atom stereocenters. The van der Waals surface area contributed by atoms with Crippen LogP contribution >= 0.6 is 39.3 Å². The summed E-state index contributed by atoms with van der Waals surface area (Å²) < 4.78 is 11.1. The van der Waals surface area contributed by atoms with Crippen LogP contribution in [0.15, 0.2) is 50.8 Å². The smallest absolute Gasteiger partial charge is 0.341 e. The van der Waals surface area contributed by atoms with E-state index in [1.165, 1.54) is 16.7 Å². The third-order valence-electron chi connectivity index (χ3n) is 5.11. The average molecular weight is 567 g/mol. The molecule has 34 heavy (non-hydrogen) atoms. The lowest BCUT2D eigenvalue weighted by Crippen LogP contribution is -2.36. The number of carboxylic acid groups (broad SMARTS) is 1. The van der Waals surface area contributed by atoms with E-state index in [1.807, 2.05) is 24.3 Å². The van der Waals surface area contributed by atoms with E-state index in [0.29, 0.717) is 20.1 Å². The maximum Gasteiger partial charge on any atom is 0.341 e. The van der Waals surface area contributed by atoms with Crippen LogP contribution in [0.1, 0.15) is 5.56 Å². The number of likely N-dealkylation sites (N-methyl/N-ethyl adjacent to an activating group) is 1. The Morgan fingerprint density at radius 3 is 2.65 bits per heavy atom. The number of nitrogens with zero attached hydrogens (tertiary/aromatic N) is 3. The number of carbonyl (C=O) groups is 2. The first-order valence-electron chi connectivity index (χ1n) is 10.3. The van der Waals surface area contributed by atoms with Crippen molar-refractivity contribution in [2.24, 2.45) is 4.99 Å². The first-order chi connectivity index (χ1) is 16.3. The number of ether oxygens (including phenoxy) is 2. The first-order valence-corrected chi connectivity index (χ1v) is 12.3. The van der Waals surface area contributed by atoms with Gasteiger partial charge in [0.25, 0.3) is 5.91 Å². The lowest BCUT2D eigenvalue weighted by atomic mass is 10.2. The van der Waals surface area contributed by atoms with Gasteiger partial charge in [-0.25, -0.2) is 9.79 Å². The normalized spacial score (nSPS) is 18.7. The van der Waals surface area contributed by atoms with Crippen molar-refractivity contribution in [3.05, 3.63) is 56.4 Å². The molecule has 8 nitrogen and oxygen atoms in total. The van der Waals surface area contributed by atoms with E-state index in [9.17, 15) is 9.59 Å². The molecule has 11 heteroatoms. The second kappa shape index (κ2) is 10.8. The fourth-order valence-electron chi connectivity index (χ4n) is 3.41. The number of rotatable bonds is 6. The van der Waals surface area contributed by atoms with Crippen LogP contribution in [0.2, 0.25) is 5.02 Å². The van der Waals surface area contributed by atoms with Crippen LogP contribution in [0.4, 0.5) is 11.4 Å². The molecule has 0 spiro atoms. The summed E-state index contributed by atoms with van der Waals surface area (Å²) in [5, 5.41) is 9.61. The van der Waals surface area contributed by atoms with Crippen molar-refractivity contribution < 1.29 is 24.2 Å². The Hall–Kier alpha value is -2.53. The molecular formula is C23H21BrClN3O5S. The number of hydrogen-bond donors (Lipinski definition) is 1. The van der Waals surface area contributed by atoms with Gasteiger partial charge in [-0.1, -0.05) is 11.6 Å². The molecular weight excluding hydrogens is 546 g/mol. The van der Waals surface area contributed by atoms with Crippen molar-refractivity contribution in [1.82, 2.24) is 4.90 Å². The number of aliphatic carboxylic acids is 1. The van der Waals surface area contributed by atoms with Crippen LogP contribution in [0.25, 0.3) is 6.08 Å². The van der Waals surface area contributed by atoms with Crippen molar-refractivity contribution >= 4 is 73.8 Å². The molecule has 178 valence electrons. The maximum absolute atomic E-state index is 12.8. The van der Waals surface area contributed by atoms with Gasteiger partial charge in [0.15, 0.2) is 17.5 Å². The number of halogens is 2. The van der Waals surface area contributed by atoms with Gasteiger partial charge in [0.05, 0.1) is 33.3 Å². The molecule has 0 unspecified atom stereocenters. The predicted molar refractivity (Wildman–Crippen MR) is 137 cm³/mol. The fraction of sp³-hybridized carbons (Fsp3) is 0.261. The molecule has 2 aromatic carbocycles. The third-order valence-corrected chi connectivity index (χ3v) is 7.04. The van der Waals surface area contributed by atoms with Crippen molar-refractivity contribution in [3.8, 4) is 5.75 Å². The number of carbonyl (C=O) groups excluding carboxylic acids is 1. The van der Waals surface area contributed by atoms with Gasteiger partial charge in [-0.3, -0.25) is 9.69 Å². The lowest BCUT2D eigenvalue weighted by molar-refractivity contribution is -0.139. The molecule has 2 aliphatic heterocycles. The Balaban J connectivity index is 1.51. The zero-order valence-electron chi connectivity index (χ0n) is 18.2. The zero-order valence-corrected chi connectivity index (χ0v) is 21.3. The lowest BCUT2D eigenvalue weighted by Gasteiger charge is -2.28. The number of carboxylic acids is 1. The second-order valence-electron chi connectivity index (χ2n) is 7.48. The Kier molecular flexibility index (Phi) is 7.82. The summed E-state index contributed by atoms with van der Waals surface area (Å²) in [5.41, 5.74) is 2.54. The molecule has 2 heterocycles. The number of hydrogen-bond acceptors (Lipinski definition) is 7. The molecule has 2 aliphatic rings. The number of thioether (sulfide) groups is 1. The number of aliphatic imine (C=N–C) groups is 1. The van der Waals surface area contributed by atoms with E-state index in [1.54, 1.807) is 25.3 Å². The van der Waals surface area contributed by atoms with Crippen LogP contribution in [-0.2, 0) is 14.3 Å². The molecule has 2 aromatic rings. The van der Waals surface area contributed by atoms with E-state index < -0.39 is 12.6 Å². The summed E-state index contributed by atoms with van der Waals surface area (Å²) >= 11 is 10.9. The van der Waals surface area contributed by atoms with Crippen molar-refractivity contribution in [2.45, 2.75) is 0 Å². The summed E-state index contributed by atoms with van der Waals surface area (Å²) in [4.78, 5) is 32.5. The van der Waals surface area contributed by atoms with Crippen LogP contribution in [0.3, 0.4) is 0 Å². The summed E-state index contributed by atoms with van der Waals surface area (Å²) in [7, 11) is 1.68. The topological polar surface area (TPSA) is 91.7 Å². The number of morpholine rings is 1. The molecule has 0 bridgehead atoms. The highest BCUT2D eigenvalue weighted by Gasteiger charge is 2.30. The van der Waals surface area contributed by atoms with E-state index in [-0.39, 0.29) is 16.7 Å². The van der Waals surface area contributed by atoms with Gasteiger partial charge in [0.1, 0.15) is 0 Å². The molecule has 0 saturated carbocycles. The Bertz CT molecular complexity index is 1140. The average Bonchev–Trinajstić information content (AvgIpc) is 3.07. The Labute approximate surface area is 214 Å². The minimum absolute atomic E-state index is 0.174. The maximum atomic E-state index is 12.8. The quantitative estimate of drug-likeness (QED) is 0.510. The zero-order chi connectivity index (χ0) is 24.2. The summed E-state index contributed by atoms with van der Waals surface area (Å²) in [6.07, 6.45) is 1.71. The molecule has 1 N–H and O–H groups in total. The van der Waals surface area contributed by atoms with E-state index in [0.717, 1.165) is 37.7 Å². The van der Waals surface area contributed by atoms with Crippen molar-refractivity contribution in [3.63, 3.8) is 0 Å². The van der Waals surface area contributed by atoms with Crippen LogP contribution < -0.4 is 9.64 Å². The standard InChI is InChI=1S/C23H21BrClN3O5S/c1-27-22(31)19(12-14-10-17(24)21(18(25)11-14)33-13-20(29)30)34-23(27)26-15-2-4-16(5-3-15)28-6-8-32-9-7-28/h2-5,10-12H,6-9,13H2,1H3,(H,29,30)/b19-12-,26-23?. The number of amides is 1. The first kappa shape index (κ1) is 24.6. The van der Waals surface area contributed by atoms with Crippen molar-refractivity contribution in [2.75, 3.05) is 44.9 Å². The fourth-order valence-corrected chi connectivity index (χ4v) is 5.38. The van der Waals surface area contributed by atoms with Gasteiger partial charge in [0.2, 0.25) is 0 Å². The second-order valence-corrected chi connectivity index (χ2v) is 9.75. The molecule has 0 aromatic heterocycles. The summed E-state index contributed by atoms with van der Waals surface area (Å²) in [6, 6.07) is 11.2. The predicted octanol–water partition coefficient (Wildman–Crippen LogP) is 4.64. The highest BCUT2D eigenvalue weighted by molar-refractivity contribution is 9.10. The Morgan fingerprint density at radius 1 is 1.29 bits per heavy atom. The van der Waals surface area contributed by atoms with Gasteiger partial charge < -0.3 is 19.5 Å². The SMILES string of the molecule is CN1C(=O)/C(=C/c2cc(Cl)c(OCC(=O)O)c(Br)c2)SC1=Nc1ccc(N2CCOCC2)cc1. The van der Waals surface area contributed by atoms with Gasteiger partial charge in [-0.2, -0.15) is 0 Å². The van der Waals surface area contributed by atoms with E-state index >= 15 is 0 Å². The Morgan fingerprint density at radius 2 is 2.00 bits per heavy atom. The monoisotopic (exact) mass is 565 g/mol. The number of amidine groups is 1. The minimum Gasteiger partial charge on any atom is -0.479 e. The van der Waals surface area contributed by atoms with Crippen LogP contribution in [0.5, 0.6) is 5.75 Å². The van der Waals surface area contributed by atoms with Gasteiger partial charge >= 0.3 is 5.97 Å². The largest absolute Gasteiger partial charge is 0.479 e. The van der Waals surface area contributed by atoms with Gasteiger partial charge in [-0.15, -0.1) is 0 Å². The molecule has 2 saturated heterocycles. The van der Waals surface area contributed by atoms with Gasteiger partial charge in [0, 0.05) is 25.8 Å². The molecule has 0 radical (unpaired) electrons. The number of benzene rings is 2. The van der Waals surface area contributed by atoms with Crippen LogP contribution in [-0.4, -0.2) is 67.0 Å². The molecule has 4 rings (SSSR count). The molecule has 2 fully saturated rings. The minimum atomic E-state index is -1.10. The van der Waals surface area contributed by atoms with E-state index in [4.69, 9.17) is 26.2 Å². The highest BCUT2D eigenvalue weighted by Crippen LogP contribution is 2.38. The van der Waals surface area contributed by atoms with E-state index in [2.05, 4.69) is 25.8 Å². The summed E-state index contributed by atoms with van der Waals surface area (Å²) in [5.74, 6) is -1.05.